The van der Waals surface area contributed by atoms with Crippen molar-refractivity contribution in [3.8, 4) is 0 Å². The average Bonchev–Trinajstić information content (AvgIpc) is 2.67. The fraction of sp³-hybridized carbons (Fsp3) is 0.385. The van der Waals surface area contributed by atoms with Gasteiger partial charge in [-0.15, -0.1) is 0 Å². The second-order valence-electron chi connectivity index (χ2n) is 8.02. The van der Waals surface area contributed by atoms with E-state index in [-0.39, 0.29) is 24.5 Å². The third kappa shape index (κ3) is 5.99. The molecule has 0 fully saturated rings. The normalized spacial score (nSPS) is 22.1. The number of aromatic nitrogens is 1. The Bertz CT molecular complexity index is 872. The maximum atomic E-state index is 4.93. The molecule has 0 unspecified atom stereocenters. The summed E-state index contributed by atoms with van der Waals surface area (Å²) in [5.41, 5.74) is 8.56. The monoisotopic (exact) mass is 444 g/mol. The van der Waals surface area contributed by atoms with E-state index in [1.165, 1.54) is 22.5 Å². The molecule has 3 nitrogen and oxygen atoms in total. The third-order valence-electron chi connectivity index (χ3n) is 5.52. The van der Waals surface area contributed by atoms with E-state index in [4.69, 9.17) is 15.0 Å². The molecule has 3 rings (SSSR count). The van der Waals surface area contributed by atoms with Gasteiger partial charge >= 0.3 is 0 Å². The van der Waals surface area contributed by atoms with E-state index in [1.54, 1.807) is 0 Å². The maximum Gasteiger partial charge on any atom is 0.0849 e. The summed E-state index contributed by atoms with van der Waals surface area (Å²) in [4.78, 5) is 14.7. The van der Waals surface area contributed by atoms with Gasteiger partial charge in [0.15, 0.2) is 0 Å². The molecule has 0 amide bonds. The van der Waals surface area contributed by atoms with Gasteiger partial charge in [-0.25, -0.2) is 4.98 Å². The number of pyridine rings is 1. The Kier molecular flexibility index (Phi) is 9.87. The smallest absolute Gasteiger partial charge is 0.0849 e. The molecule has 2 atom stereocenters. The molecule has 0 bridgehead atoms. The van der Waals surface area contributed by atoms with Crippen LogP contribution < -0.4 is 0 Å². The van der Waals surface area contributed by atoms with Crippen molar-refractivity contribution >= 4 is 11.4 Å². The quantitative estimate of drug-likeness (QED) is 0.283. The first-order valence-corrected chi connectivity index (χ1v) is 10.2. The van der Waals surface area contributed by atoms with E-state index in [0.717, 1.165) is 35.7 Å². The fourth-order valence-electron chi connectivity index (χ4n) is 3.78. The summed E-state index contributed by atoms with van der Waals surface area (Å²) in [6, 6.07) is 6.11. The molecule has 0 aliphatic heterocycles. The minimum atomic E-state index is 0. The van der Waals surface area contributed by atoms with Gasteiger partial charge < -0.3 is 7.43 Å². The molecular weight excluding hydrogens is 410 g/mol. The van der Waals surface area contributed by atoms with Crippen LogP contribution in [-0.2, 0) is 17.1 Å². The van der Waals surface area contributed by atoms with E-state index >= 15 is 0 Å². The summed E-state index contributed by atoms with van der Waals surface area (Å²) in [7, 11) is 0. The zero-order valence-corrected chi connectivity index (χ0v) is 20.4. The molecule has 0 saturated carbocycles. The number of hydrogen-bond acceptors (Lipinski definition) is 3. The molecule has 1 heterocycles. The predicted octanol–water partition coefficient (Wildman–Crippen LogP) is 6.89. The Morgan fingerprint density at radius 3 is 1.60 bits per heavy atom. The van der Waals surface area contributed by atoms with E-state index < -0.39 is 0 Å². The summed E-state index contributed by atoms with van der Waals surface area (Å²) in [6.45, 7) is 12.8. The SMILES string of the molecule is CC(=NC1=C(C)C=CC[C@H]1C)c1cccc(C(C)=NC2=C(C)C=CC[C@@H]2C)n1.[CH3-].[Fe]. The summed E-state index contributed by atoms with van der Waals surface area (Å²) < 4.78 is 0. The van der Waals surface area contributed by atoms with Crippen molar-refractivity contribution in [2.24, 2.45) is 21.8 Å². The van der Waals surface area contributed by atoms with Crippen LogP contribution in [0, 0.1) is 19.3 Å². The van der Waals surface area contributed by atoms with Crippen LogP contribution in [0.15, 0.2) is 75.0 Å². The molecule has 2 aliphatic carbocycles. The number of aliphatic imine (C=N–C) groups is 2. The van der Waals surface area contributed by atoms with Crippen LogP contribution in [0.2, 0.25) is 0 Å². The van der Waals surface area contributed by atoms with Gasteiger partial charge in [0.1, 0.15) is 0 Å². The first-order valence-electron chi connectivity index (χ1n) is 10.2. The Morgan fingerprint density at radius 1 is 0.833 bits per heavy atom. The van der Waals surface area contributed by atoms with Crippen LogP contribution in [0.5, 0.6) is 0 Å². The topological polar surface area (TPSA) is 37.6 Å². The summed E-state index contributed by atoms with van der Waals surface area (Å²) in [5.74, 6) is 0.893. The molecule has 2 aliphatic rings. The number of rotatable bonds is 4. The van der Waals surface area contributed by atoms with Gasteiger partial charge in [-0.1, -0.05) is 44.2 Å². The first kappa shape index (κ1) is 26.0. The standard InChI is InChI=1S/C25H31N3.CH3.Fe/c1-16-10-7-11-17(2)24(16)26-20(5)22-14-9-15-23(28-22)21(6)27-25-18(3)12-8-13-19(25)4;;/h7-10,12,14-15,17,19H,11,13H2,1-6H3;1H3;/q;-1;/t17-,19+;;. The van der Waals surface area contributed by atoms with Gasteiger partial charge in [-0.2, -0.15) is 0 Å². The van der Waals surface area contributed by atoms with Gasteiger partial charge in [0.2, 0.25) is 0 Å². The molecule has 30 heavy (non-hydrogen) atoms. The molecule has 1 aromatic heterocycles. The van der Waals surface area contributed by atoms with Gasteiger partial charge in [0.25, 0.3) is 0 Å². The number of nitrogens with zero attached hydrogens (tertiary/aromatic N) is 3. The maximum absolute atomic E-state index is 4.93. The third-order valence-corrected chi connectivity index (χ3v) is 5.52. The number of allylic oxidation sites excluding steroid dienone is 8. The van der Waals surface area contributed by atoms with Crippen LogP contribution in [-0.4, -0.2) is 16.4 Å². The van der Waals surface area contributed by atoms with Gasteiger partial charge in [0, 0.05) is 40.3 Å². The second kappa shape index (κ2) is 11.4. The van der Waals surface area contributed by atoms with Crippen molar-refractivity contribution in [3.05, 3.63) is 83.9 Å². The van der Waals surface area contributed by atoms with Crippen molar-refractivity contribution in [2.75, 3.05) is 0 Å². The summed E-state index contributed by atoms with van der Waals surface area (Å²) in [6.07, 6.45) is 10.9. The van der Waals surface area contributed by atoms with Crippen LogP contribution in [0.25, 0.3) is 0 Å². The molecule has 4 heteroatoms. The second-order valence-corrected chi connectivity index (χ2v) is 8.02. The largest absolute Gasteiger partial charge is 0.358 e. The fourth-order valence-corrected chi connectivity index (χ4v) is 3.78. The van der Waals surface area contributed by atoms with Crippen molar-refractivity contribution in [1.82, 2.24) is 4.98 Å². The molecular formula is C26H34FeN3-. The summed E-state index contributed by atoms with van der Waals surface area (Å²) in [5, 5.41) is 0. The van der Waals surface area contributed by atoms with Crippen molar-refractivity contribution in [3.63, 3.8) is 0 Å². The molecule has 0 aromatic carbocycles. The zero-order chi connectivity index (χ0) is 20.3. The Hall–Kier alpha value is -2.03. The minimum Gasteiger partial charge on any atom is -0.358 e. The van der Waals surface area contributed by atoms with Crippen molar-refractivity contribution < 1.29 is 17.1 Å². The Morgan fingerprint density at radius 2 is 1.23 bits per heavy atom. The molecule has 0 spiro atoms. The van der Waals surface area contributed by atoms with E-state index in [9.17, 15) is 0 Å². The zero-order valence-electron chi connectivity index (χ0n) is 19.3. The van der Waals surface area contributed by atoms with Crippen molar-refractivity contribution in [2.45, 2.75) is 54.4 Å². The minimum absolute atomic E-state index is 0. The van der Waals surface area contributed by atoms with Crippen LogP contribution in [0.4, 0.5) is 0 Å². The van der Waals surface area contributed by atoms with Crippen LogP contribution in [0.1, 0.15) is 65.8 Å². The predicted molar refractivity (Wildman–Crippen MR) is 126 cm³/mol. The molecule has 162 valence electrons. The molecule has 0 radical (unpaired) electrons. The van der Waals surface area contributed by atoms with Gasteiger partial charge in [-0.3, -0.25) is 9.98 Å². The Labute approximate surface area is 193 Å². The van der Waals surface area contributed by atoms with E-state index in [1.807, 2.05) is 32.0 Å². The van der Waals surface area contributed by atoms with Crippen LogP contribution in [0.3, 0.4) is 0 Å². The average molecular weight is 444 g/mol. The van der Waals surface area contributed by atoms with E-state index in [2.05, 4.69) is 52.0 Å². The Balaban J connectivity index is 0.00000225. The molecule has 0 N–H and O–H groups in total. The van der Waals surface area contributed by atoms with Crippen LogP contribution >= 0.6 is 0 Å². The number of hydrogen-bond donors (Lipinski definition) is 0. The van der Waals surface area contributed by atoms with Crippen molar-refractivity contribution in [1.29, 1.82) is 0 Å². The summed E-state index contributed by atoms with van der Waals surface area (Å²) >= 11 is 0. The first-order chi connectivity index (χ1) is 13.4. The van der Waals surface area contributed by atoms with E-state index in [0.29, 0.717) is 11.8 Å². The molecule has 1 aromatic rings. The van der Waals surface area contributed by atoms with Gasteiger partial charge in [0.05, 0.1) is 22.8 Å². The van der Waals surface area contributed by atoms with Gasteiger partial charge in [-0.05, 0) is 63.8 Å². The molecule has 0 saturated heterocycles.